The van der Waals surface area contributed by atoms with Crippen molar-refractivity contribution >= 4 is 17.6 Å². The molecular weight excluding hydrogens is 392 g/mol. The third kappa shape index (κ3) is 5.60. The topological polar surface area (TPSA) is 65.0 Å². The fraction of sp³-hybridized carbons (Fsp3) is 0.348. The van der Waals surface area contributed by atoms with Crippen LogP contribution < -0.4 is 0 Å². The number of hydrogen-bond donors (Lipinski definition) is 1. The van der Waals surface area contributed by atoms with Gasteiger partial charge in [-0.3, -0.25) is 4.79 Å². The molecule has 1 saturated heterocycles. The molecule has 0 bridgehead atoms. The first-order chi connectivity index (χ1) is 14.1. The number of esters is 1. The van der Waals surface area contributed by atoms with Crippen LogP contribution in [0.1, 0.15) is 42.8 Å². The van der Waals surface area contributed by atoms with Gasteiger partial charge in [-0.05, 0) is 25.0 Å². The lowest BCUT2D eigenvalue weighted by atomic mass is 9.91. The number of carbonyl (C=O) groups is 1. The number of carbonyl (C=O) groups excluding carboxylic acids is 1. The van der Waals surface area contributed by atoms with Crippen LogP contribution in [0.3, 0.4) is 0 Å². The third-order valence-corrected chi connectivity index (χ3v) is 5.25. The molecule has 5 nitrogen and oxygen atoms in total. The van der Waals surface area contributed by atoms with E-state index in [-0.39, 0.29) is 23.7 Å². The Balaban J connectivity index is 1.74. The molecule has 6 heteroatoms. The maximum absolute atomic E-state index is 11.2. The third-order valence-electron chi connectivity index (χ3n) is 4.91. The highest BCUT2D eigenvalue weighted by atomic mass is 35.5. The first-order valence-corrected chi connectivity index (χ1v) is 9.99. The van der Waals surface area contributed by atoms with Crippen LogP contribution in [-0.2, 0) is 19.0 Å². The molecule has 1 aliphatic heterocycles. The Bertz CT molecular complexity index is 851. The lowest BCUT2D eigenvalue weighted by molar-refractivity contribution is -0.244. The minimum atomic E-state index is -0.604. The van der Waals surface area contributed by atoms with E-state index in [9.17, 15) is 9.90 Å². The molecule has 1 aliphatic rings. The zero-order valence-corrected chi connectivity index (χ0v) is 17.0. The minimum Gasteiger partial charge on any atom is -0.508 e. The zero-order valence-electron chi connectivity index (χ0n) is 16.3. The highest BCUT2D eigenvalue weighted by Gasteiger charge is 2.35. The molecule has 2 aromatic carbocycles. The summed E-state index contributed by atoms with van der Waals surface area (Å²) in [5, 5.41) is 11.0. The Morgan fingerprint density at radius 3 is 2.62 bits per heavy atom. The van der Waals surface area contributed by atoms with E-state index in [1.54, 1.807) is 18.2 Å². The van der Waals surface area contributed by atoms with Gasteiger partial charge in [0.2, 0.25) is 0 Å². The van der Waals surface area contributed by atoms with Crippen molar-refractivity contribution in [3.05, 3.63) is 76.8 Å². The van der Waals surface area contributed by atoms with E-state index in [1.165, 1.54) is 7.11 Å². The number of allylic oxidation sites excluding steroid dienone is 2. The first-order valence-electron chi connectivity index (χ1n) is 9.61. The quantitative estimate of drug-likeness (QED) is 0.487. The number of phenols is 1. The molecular formula is C23H25ClO5. The van der Waals surface area contributed by atoms with Gasteiger partial charge < -0.3 is 19.3 Å². The zero-order chi connectivity index (χ0) is 20.6. The van der Waals surface area contributed by atoms with E-state index in [2.05, 4.69) is 4.74 Å². The molecule has 1 heterocycles. The van der Waals surface area contributed by atoms with Crippen molar-refractivity contribution in [1.29, 1.82) is 0 Å². The van der Waals surface area contributed by atoms with Crippen LogP contribution in [0.15, 0.2) is 60.7 Å². The maximum Gasteiger partial charge on any atom is 0.305 e. The summed E-state index contributed by atoms with van der Waals surface area (Å²) < 4.78 is 16.9. The van der Waals surface area contributed by atoms with E-state index in [4.69, 9.17) is 21.1 Å². The number of halogens is 1. The molecule has 154 valence electrons. The summed E-state index contributed by atoms with van der Waals surface area (Å²) in [6, 6.07) is 14.6. The molecule has 29 heavy (non-hydrogen) atoms. The van der Waals surface area contributed by atoms with Gasteiger partial charge in [-0.1, -0.05) is 60.2 Å². The number of methoxy groups -OCH3 is 1. The largest absolute Gasteiger partial charge is 0.508 e. The van der Waals surface area contributed by atoms with Gasteiger partial charge in [0.25, 0.3) is 0 Å². The normalized spacial score (nSPS) is 21.9. The lowest BCUT2D eigenvalue weighted by Gasteiger charge is -2.37. The fourth-order valence-electron chi connectivity index (χ4n) is 3.35. The van der Waals surface area contributed by atoms with Gasteiger partial charge in [-0.25, -0.2) is 0 Å². The molecule has 0 radical (unpaired) electrons. The molecule has 3 rings (SSSR count). The summed E-state index contributed by atoms with van der Waals surface area (Å²) in [6.07, 6.45) is 4.67. The first kappa shape index (κ1) is 21.4. The van der Waals surface area contributed by atoms with Gasteiger partial charge in [-0.15, -0.1) is 0 Å². The van der Waals surface area contributed by atoms with Crippen LogP contribution in [-0.4, -0.2) is 24.8 Å². The van der Waals surface area contributed by atoms with Crippen LogP contribution in [0.5, 0.6) is 5.75 Å². The molecule has 0 spiro atoms. The summed E-state index contributed by atoms with van der Waals surface area (Å²) in [7, 11) is 1.38. The number of ether oxygens (including phenoxy) is 3. The Labute approximate surface area is 175 Å². The van der Waals surface area contributed by atoms with Crippen LogP contribution in [0, 0.1) is 5.92 Å². The molecule has 0 amide bonds. The van der Waals surface area contributed by atoms with Crippen molar-refractivity contribution in [3.63, 3.8) is 0 Å². The highest BCUT2D eigenvalue weighted by Crippen LogP contribution is 2.43. The number of hydrogen-bond acceptors (Lipinski definition) is 5. The van der Waals surface area contributed by atoms with E-state index >= 15 is 0 Å². The summed E-state index contributed by atoms with van der Waals surface area (Å²) >= 11 is 6.32. The Hall–Kier alpha value is -2.34. The molecule has 2 aromatic rings. The van der Waals surface area contributed by atoms with Crippen molar-refractivity contribution < 1.29 is 24.1 Å². The SMILES string of the molecule is COC(=O)CC/C=C\C[C@@H]1CO[C@H](c2ccccc2Cl)O[C@@H]1c1ccccc1O. The number of phenolic OH excluding ortho intramolecular Hbond substituents is 1. The van der Waals surface area contributed by atoms with Crippen molar-refractivity contribution in [1.82, 2.24) is 0 Å². The second kappa shape index (κ2) is 10.4. The molecule has 0 unspecified atom stereocenters. The fourth-order valence-corrected chi connectivity index (χ4v) is 3.58. The predicted octanol–water partition coefficient (Wildman–Crippen LogP) is 5.35. The maximum atomic E-state index is 11.2. The second-order valence-electron chi connectivity index (χ2n) is 6.88. The Kier molecular flexibility index (Phi) is 7.69. The van der Waals surface area contributed by atoms with E-state index in [0.717, 1.165) is 11.1 Å². The van der Waals surface area contributed by atoms with E-state index in [0.29, 0.717) is 30.9 Å². The van der Waals surface area contributed by atoms with Crippen LogP contribution in [0.2, 0.25) is 5.02 Å². The number of rotatable bonds is 7. The van der Waals surface area contributed by atoms with Crippen LogP contribution in [0.4, 0.5) is 0 Å². The van der Waals surface area contributed by atoms with Crippen LogP contribution in [0.25, 0.3) is 0 Å². The lowest BCUT2D eigenvalue weighted by Crippen LogP contribution is -2.30. The van der Waals surface area contributed by atoms with E-state index in [1.807, 2.05) is 42.5 Å². The standard InChI is InChI=1S/C23H25ClO5/c1-27-21(26)14-4-2-3-9-16-15-28-23(17-10-5-7-12-19(17)24)29-22(16)18-11-6-8-13-20(18)25/h2-3,5-8,10-13,16,22-23,25H,4,9,14-15H2,1H3/b3-2-/t16-,22+,23+/m1/s1. The van der Waals surface area contributed by atoms with Crippen molar-refractivity contribution in [2.24, 2.45) is 5.92 Å². The highest BCUT2D eigenvalue weighted by molar-refractivity contribution is 6.31. The molecule has 0 aromatic heterocycles. The number of aromatic hydroxyl groups is 1. The summed E-state index contributed by atoms with van der Waals surface area (Å²) in [4.78, 5) is 11.2. The van der Waals surface area contributed by atoms with Gasteiger partial charge in [0, 0.05) is 28.5 Å². The van der Waals surface area contributed by atoms with Crippen molar-refractivity contribution in [2.45, 2.75) is 31.7 Å². The summed E-state index contributed by atoms with van der Waals surface area (Å²) in [5.41, 5.74) is 1.49. The van der Waals surface area contributed by atoms with Crippen molar-refractivity contribution in [3.8, 4) is 5.75 Å². The number of benzene rings is 2. The molecule has 0 aliphatic carbocycles. The van der Waals surface area contributed by atoms with E-state index < -0.39 is 6.29 Å². The molecule has 0 saturated carbocycles. The summed E-state index contributed by atoms with van der Waals surface area (Å²) in [5.74, 6) is -0.0259. The smallest absolute Gasteiger partial charge is 0.305 e. The molecule has 3 atom stereocenters. The van der Waals surface area contributed by atoms with Gasteiger partial charge in [0.15, 0.2) is 6.29 Å². The molecule has 1 fully saturated rings. The van der Waals surface area contributed by atoms with Gasteiger partial charge in [-0.2, -0.15) is 0 Å². The van der Waals surface area contributed by atoms with Crippen LogP contribution >= 0.6 is 11.6 Å². The second-order valence-corrected chi connectivity index (χ2v) is 7.29. The Morgan fingerprint density at radius 2 is 1.90 bits per heavy atom. The Morgan fingerprint density at radius 1 is 1.17 bits per heavy atom. The molecule has 1 N–H and O–H groups in total. The number of para-hydroxylation sites is 1. The van der Waals surface area contributed by atoms with Crippen molar-refractivity contribution in [2.75, 3.05) is 13.7 Å². The van der Waals surface area contributed by atoms with Gasteiger partial charge >= 0.3 is 5.97 Å². The monoisotopic (exact) mass is 416 g/mol. The summed E-state index contributed by atoms with van der Waals surface area (Å²) in [6.45, 7) is 0.455. The average molecular weight is 417 g/mol. The average Bonchev–Trinajstić information content (AvgIpc) is 2.74. The minimum absolute atomic E-state index is 0.0106. The van der Waals surface area contributed by atoms with Gasteiger partial charge in [0.1, 0.15) is 5.75 Å². The predicted molar refractivity (Wildman–Crippen MR) is 111 cm³/mol. The van der Waals surface area contributed by atoms with Gasteiger partial charge in [0.05, 0.1) is 19.8 Å².